The van der Waals surface area contributed by atoms with Crippen LogP contribution >= 0.6 is 11.8 Å². The Morgan fingerprint density at radius 3 is 2.41 bits per heavy atom. The molecule has 120 valence electrons. The van der Waals surface area contributed by atoms with Crippen LogP contribution in [0.4, 0.5) is 5.69 Å². The Labute approximate surface area is 136 Å². The molecule has 0 atom stereocenters. The van der Waals surface area contributed by atoms with E-state index in [1.807, 2.05) is 16.7 Å². The van der Waals surface area contributed by atoms with Crippen LogP contribution in [0, 0.1) is 6.92 Å². The Morgan fingerprint density at radius 1 is 1.14 bits per heavy atom. The summed E-state index contributed by atoms with van der Waals surface area (Å²) in [4.78, 5) is 16.8. The van der Waals surface area contributed by atoms with E-state index in [-0.39, 0.29) is 5.91 Å². The highest BCUT2D eigenvalue weighted by Crippen LogP contribution is 2.29. The topological polar surface area (TPSA) is 43.8 Å². The molecule has 0 saturated carbocycles. The molecular formula is C17H24N2O2S. The maximum absolute atomic E-state index is 12.6. The first-order chi connectivity index (χ1) is 10.6. The van der Waals surface area contributed by atoms with Gasteiger partial charge in [0.15, 0.2) is 0 Å². The lowest BCUT2D eigenvalue weighted by atomic mass is 9.94. The number of hydrogen-bond donors (Lipinski definition) is 1. The van der Waals surface area contributed by atoms with Crippen LogP contribution in [-0.2, 0) is 4.79 Å². The lowest BCUT2D eigenvalue weighted by Gasteiger charge is -2.41. The van der Waals surface area contributed by atoms with Gasteiger partial charge in [0.25, 0.3) is 5.91 Å². The van der Waals surface area contributed by atoms with E-state index in [1.165, 1.54) is 11.3 Å². The fourth-order valence-electron chi connectivity index (χ4n) is 3.29. The Balaban J connectivity index is 1.62. The highest BCUT2D eigenvalue weighted by Gasteiger charge is 2.41. The number of amides is 1. The Hall–Kier alpha value is -1.20. The van der Waals surface area contributed by atoms with Gasteiger partial charge in [-0.15, -0.1) is 0 Å². The van der Waals surface area contributed by atoms with Crippen molar-refractivity contribution < 1.29 is 9.90 Å². The van der Waals surface area contributed by atoms with Gasteiger partial charge in [-0.1, -0.05) is 18.2 Å². The van der Waals surface area contributed by atoms with Crippen molar-refractivity contribution in [3.63, 3.8) is 0 Å². The molecule has 2 saturated heterocycles. The quantitative estimate of drug-likeness (QED) is 0.904. The second-order valence-corrected chi connectivity index (χ2v) is 7.43. The summed E-state index contributed by atoms with van der Waals surface area (Å²) >= 11 is 1.82. The van der Waals surface area contributed by atoms with Gasteiger partial charge in [-0.3, -0.25) is 4.79 Å². The minimum absolute atomic E-state index is 0.0581. The van der Waals surface area contributed by atoms with E-state index in [0.29, 0.717) is 25.9 Å². The van der Waals surface area contributed by atoms with E-state index in [1.54, 1.807) is 0 Å². The number of carbonyl (C=O) groups is 1. The minimum Gasteiger partial charge on any atom is -0.380 e. The molecule has 2 aliphatic rings. The molecule has 0 unspecified atom stereocenters. The van der Waals surface area contributed by atoms with Gasteiger partial charge in [0.05, 0.1) is 0 Å². The van der Waals surface area contributed by atoms with Crippen molar-refractivity contribution in [2.24, 2.45) is 0 Å². The van der Waals surface area contributed by atoms with Crippen molar-refractivity contribution in [3.8, 4) is 0 Å². The summed E-state index contributed by atoms with van der Waals surface area (Å²) in [5.41, 5.74) is 1.41. The smallest absolute Gasteiger partial charge is 0.254 e. The summed E-state index contributed by atoms with van der Waals surface area (Å²) < 4.78 is 0. The summed E-state index contributed by atoms with van der Waals surface area (Å²) in [5, 5.41) is 10.6. The molecule has 0 aliphatic carbocycles. The van der Waals surface area contributed by atoms with E-state index >= 15 is 0 Å². The zero-order valence-corrected chi connectivity index (χ0v) is 13.9. The number of hydrogen-bond acceptors (Lipinski definition) is 4. The molecule has 4 nitrogen and oxygen atoms in total. The second-order valence-electron chi connectivity index (χ2n) is 6.21. The highest BCUT2D eigenvalue weighted by atomic mass is 32.2. The number of carbonyl (C=O) groups excluding carboxylic acids is 1. The minimum atomic E-state index is -1.11. The maximum Gasteiger partial charge on any atom is 0.254 e. The monoisotopic (exact) mass is 320 g/mol. The molecule has 22 heavy (non-hydrogen) atoms. The van der Waals surface area contributed by atoms with Gasteiger partial charge in [-0.2, -0.15) is 11.8 Å². The van der Waals surface area contributed by atoms with E-state index in [2.05, 4.69) is 36.1 Å². The molecule has 1 amide bonds. The number of nitrogens with zero attached hydrogens (tertiary/aromatic N) is 2. The molecule has 0 radical (unpaired) electrons. The van der Waals surface area contributed by atoms with Crippen LogP contribution in [-0.4, -0.2) is 59.2 Å². The average Bonchev–Trinajstić information content (AvgIpc) is 2.55. The lowest BCUT2D eigenvalue weighted by Crippen LogP contribution is -2.57. The predicted octanol–water partition coefficient (Wildman–Crippen LogP) is 1.90. The van der Waals surface area contributed by atoms with Crippen LogP contribution in [0.5, 0.6) is 0 Å². The molecule has 2 fully saturated rings. The number of piperazine rings is 1. The summed E-state index contributed by atoms with van der Waals surface area (Å²) in [7, 11) is 0. The number of aliphatic hydroxyl groups is 1. The summed E-state index contributed by atoms with van der Waals surface area (Å²) in [6.07, 6.45) is 1.18. The third-order valence-electron chi connectivity index (χ3n) is 4.74. The number of para-hydroxylation sites is 1. The van der Waals surface area contributed by atoms with Gasteiger partial charge in [0, 0.05) is 31.9 Å². The molecule has 2 aliphatic heterocycles. The zero-order valence-electron chi connectivity index (χ0n) is 13.1. The van der Waals surface area contributed by atoms with Crippen LogP contribution in [0.15, 0.2) is 24.3 Å². The number of thioether (sulfide) groups is 1. The molecule has 5 heteroatoms. The van der Waals surface area contributed by atoms with Crippen LogP contribution in [0.1, 0.15) is 18.4 Å². The van der Waals surface area contributed by atoms with Gasteiger partial charge in [0.1, 0.15) is 5.60 Å². The molecule has 0 spiro atoms. The summed E-state index contributed by atoms with van der Waals surface area (Å²) in [6.45, 7) is 5.18. The molecule has 2 heterocycles. The van der Waals surface area contributed by atoms with Crippen LogP contribution in [0.3, 0.4) is 0 Å². The number of aryl methyl sites for hydroxylation is 1. The van der Waals surface area contributed by atoms with E-state index in [9.17, 15) is 9.90 Å². The largest absolute Gasteiger partial charge is 0.380 e. The van der Waals surface area contributed by atoms with Gasteiger partial charge in [0.2, 0.25) is 0 Å². The number of benzene rings is 1. The van der Waals surface area contributed by atoms with E-state index in [0.717, 1.165) is 24.6 Å². The van der Waals surface area contributed by atoms with Crippen molar-refractivity contribution in [1.82, 2.24) is 4.90 Å². The van der Waals surface area contributed by atoms with E-state index < -0.39 is 5.60 Å². The van der Waals surface area contributed by atoms with Crippen LogP contribution < -0.4 is 4.90 Å². The third kappa shape index (κ3) is 3.10. The second kappa shape index (κ2) is 6.50. The molecule has 1 aromatic rings. The summed E-state index contributed by atoms with van der Waals surface area (Å²) in [6, 6.07) is 8.37. The first-order valence-corrected chi connectivity index (χ1v) is 9.16. The summed E-state index contributed by atoms with van der Waals surface area (Å²) in [5.74, 6) is 1.70. The standard InChI is InChI=1S/C17H24N2O2S/c1-14-4-2-3-5-15(14)18-8-10-19(11-9-18)16(20)17(21)6-12-22-13-7-17/h2-5,21H,6-13H2,1H3. The lowest BCUT2D eigenvalue weighted by molar-refractivity contribution is -0.152. The average molecular weight is 320 g/mol. The normalized spacial score (nSPS) is 21.7. The molecular weight excluding hydrogens is 296 g/mol. The Morgan fingerprint density at radius 2 is 1.77 bits per heavy atom. The van der Waals surface area contributed by atoms with Crippen molar-refractivity contribution >= 4 is 23.4 Å². The van der Waals surface area contributed by atoms with Gasteiger partial charge < -0.3 is 14.9 Å². The fraction of sp³-hybridized carbons (Fsp3) is 0.588. The van der Waals surface area contributed by atoms with Gasteiger partial charge in [-0.05, 0) is 42.9 Å². The Kier molecular flexibility index (Phi) is 4.64. The van der Waals surface area contributed by atoms with Crippen molar-refractivity contribution in [1.29, 1.82) is 0 Å². The van der Waals surface area contributed by atoms with Gasteiger partial charge >= 0.3 is 0 Å². The molecule has 1 aromatic carbocycles. The SMILES string of the molecule is Cc1ccccc1N1CCN(C(=O)C2(O)CCSCC2)CC1. The fourth-order valence-corrected chi connectivity index (χ4v) is 4.45. The molecule has 0 aromatic heterocycles. The highest BCUT2D eigenvalue weighted by molar-refractivity contribution is 7.99. The molecule has 3 rings (SSSR count). The first-order valence-electron chi connectivity index (χ1n) is 8.00. The van der Waals surface area contributed by atoms with Crippen LogP contribution in [0.25, 0.3) is 0 Å². The van der Waals surface area contributed by atoms with Crippen molar-refractivity contribution in [2.75, 3.05) is 42.6 Å². The number of rotatable bonds is 2. The third-order valence-corrected chi connectivity index (χ3v) is 5.73. The number of anilines is 1. The molecule has 0 bridgehead atoms. The van der Waals surface area contributed by atoms with Crippen molar-refractivity contribution in [3.05, 3.63) is 29.8 Å². The first kappa shape index (κ1) is 15.7. The molecule has 1 N–H and O–H groups in total. The predicted molar refractivity (Wildman–Crippen MR) is 91.5 cm³/mol. The maximum atomic E-state index is 12.6. The van der Waals surface area contributed by atoms with Crippen LogP contribution in [0.2, 0.25) is 0 Å². The zero-order chi connectivity index (χ0) is 15.6. The Bertz CT molecular complexity index is 535. The van der Waals surface area contributed by atoms with Crippen molar-refractivity contribution in [2.45, 2.75) is 25.4 Å². The van der Waals surface area contributed by atoms with E-state index in [4.69, 9.17) is 0 Å². The van der Waals surface area contributed by atoms with Gasteiger partial charge in [-0.25, -0.2) is 0 Å².